The van der Waals surface area contributed by atoms with E-state index in [1.807, 2.05) is 0 Å². The van der Waals surface area contributed by atoms with Crippen molar-refractivity contribution < 1.29 is 42.5 Å². The Balaban J connectivity index is 1.47. The van der Waals surface area contributed by atoms with Gasteiger partial charge in [-0.15, -0.1) is 11.3 Å². The molecule has 1 aliphatic carbocycles. The fraction of sp³-hybridized carbons (Fsp3) is 0.0667. The van der Waals surface area contributed by atoms with Gasteiger partial charge >= 0.3 is 0 Å². The topological polar surface area (TPSA) is 0 Å². The molecule has 0 amide bonds. The third kappa shape index (κ3) is 4.20. The molecule has 1 heterocycles. The third-order valence-electron chi connectivity index (χ3n) is 7.56. The average molecular weight is 636 g/mol. The van der Waals surface area contributed by atoms with Crippen LogP contribution in [0.4, 0.5) is 0 Å². The van der Waals surface area contributed by atoms with Crippen LogP contribution in [0.3, 0.4) is 0 Å². The van der Waals surface area contributed by atoms with Gasteiger partial charge in [0.2, 0.25) is 0 Å². The van der Waals surface area contributed by atoms with Crippen molar-refractivity contribution >= 4 is 31.5 Å². The minimum atomic E-state index is -3.76. The monoisotopic (exact) mass is 635 g/mol. The number of rotatable bonds is 5. The highest BCUT2D eigenvalue weighted by molar-refractivity contribution is 7.25. The Bertz CT molecular complexity index is 3920. The predicted molar refractivity (Wildman–Crippen MR) is 196 cm³/mol. The molecular formula is C45H32S. The van der Waals surface area contributed by atoms with Gasteiger partial charge in [-0.2, -0.15) is 0 Å². The van der Waals surface area contributed by atoms with Crippen molar-refractivity contribution in [3.05, 3.63) is 203 Å². The van der Waals surface area contributed by atoms with Crippen LogP contribution in [0.25, 0.3) is 42.4 Å². The molecule has 1 unspecified atom stereocenters. The van der Waals surface area contributed by atoms with Gasteiger partial charge in [0.25, 0.3) is 0 Å². The molecule has 0 fully saturated rings. The Morgan fingerprint density at radius 3 is 1.78 bits per heavy atom. The lowest BCUT2D eigenvalue weighted by Crippen LogP contribution is -2.22. The summed E-state index contributed by atoms with van der Waals surface area (Å²) < 4.78 is 277. The van der Waals surface area contributed by atoms with Crippen LogP contribution in [0.1, 0.15) is 88.6 Å². The van der Waals surface area contributed by atoms with Gasteiger partial charge < -0.3 is 0 Å². The molecule has 0 saturated carbocycles. The molecule has 218 valence electrons. The first kappa shape index (κ1) is 10.1. The van der Waals surface area contributed by atoms with Crippen molar-refractivity contribution in [2.75, 3.05) is 0 Å². The molecule has 0 spiro atoms. The van der Waals surface area contributed by atoms with Crippen molar-refractivity contribution in [2.24, 2.45) is 0 Å². The first-order valence-electron chi connectivity index (χ1n) is 29.0. The van der Waals surface area contributed by atoms with Crippen LogP contribution in [-0.4, -0.2) is 0 Å². The largest absolute Gasteiger partial charge is 0.135 e. The van der Waals surface area contributed by atoms with E-state index >= 15 is 0 Å². The van der Waals surface area contributed by atoms with E-state index in [2.05, 4.69) is 0 Å². The lowest BCUT2D eigenvalue weighted by molar-refractivity contribution is 0.715. The molecule has 1 aliphatic rings. The summed E-state index contributed by atoms with van der Waals surface area (Å²) in [6.07, 6.45) is 0. The van der Waals surface area contributed by atoms with E-state index in [1.165, 1.54) is 0 Å². The molecular weight excluding hydrogens is 573 g/mol. The summed E-state index contributed by atoms with van der Waals surface area (Å²) >= 11 is 0.415. The highest BCUT2D eigenvalue weighted by Crippen LogP contribution is 2.53. The number of thiophene rings is 1. The summed E-state index contributed by atoms with van der Waals surface area (Å²) in [6.45, 7) is -3.76. The zero-order chi connectivity index (χ0) is 57.5. The van der Waals surface area contributed by atoms with Crippen LogP contribution in [0.5, 0.6) is 0 Å². The Labute approximate surface area is 317 Å². The Morgan fingerprint density at radius 1 is 0.500 bits per heavy atom. The maximum absolute atomic E-state index is 9.90. The summed E-state index contributed by atoms with van der Waals surface area (Å²) in [5, 5.41) is -1.19. The molecule has 46 heavy (non-hydrogen) atoms. The van der Waals surface area contributed by atoms with Crippen LogP contribution < -0.4 is 0 Å². The van der Waals surface area contributed by atoms with E-state index in [9.17, 15) is 15.1 Å². The fourth-order valence-corrected chi connectivity index (χ4v) is 6.46. The highest BCUT2D eigenvalue weighted by Gasteiger charge is 2.40. The van der Waals surface area contributed by atoms with Gasteiger partial charge in [-0.05, 0) is 80.6 Å². The lowest BCUT2D eigenvalue weighted by atomic mass is 9.74. The second-order valence-electron chi connectivity index (χ2n) is 10.1. The van der Waals surface area contributed by atoms with Gasteiger partial charge in [-0.25, -0.2) is 0 Å². The first-order chi connectivity index (χ1) is 35.6. The van der Waals surface area contributed by atoms with E-state index < -0.39 is 263 Å². The molecule has 0 aliphatic heterocycles. The zero-order valence-electron chi connectivity index (χ0n) is 54.0. The van der Waals surface area contributed by atoms with Gasteiger partial charge in [0.1, 0.15) is 0 Å². The van der Waals surface area contributed by atoms with Crippen LogP contribution in [-0.2, 0) is 5.41 Å². The summed E-state index contributed by atoms with van der Waals surface area (Å²) in [5.74, 6) is -2.31. The second kappa shape index (κ2) is 10.7. The Kier molecular flexibility index (Phi) is 2.35. The van der Waals surface area contributed by atoms with E-state index in [4.69, 9.17) is 27.4 Å². The first-order valence-corrected chi connectivity index (χ1v) is 14.3. The van der Waals surface area contributed by atoms with Crippen LogP contribution >= 0.6 is 11.3 Å². The summed E-state index contributed by atoms with van der Waals surface area (Å²) in [4.78, 5) is 0. The highest BCUT2D eigenvalue weighted by atomic mass is 32.1. The number of fused-ring (bicyclic) bond motifs is 6. The summed E-state index contributed by atoms with van der Waals surface area (Å²) in [5.41, 5.74) is -11.7. The van der Waals surface area contributed by atoms with E-state index in [0.717, 1.165) is 0 Å². The zero-order valence-corrected chi connectivity index (χ0v) is 23.8. The number of hydrogen-bond acceptors (Lipinski definition) is 1. The fourth-order valence-electron chi connectivity index (χ4n) is 5.48. The van der Waals surface area contributed by atoms with Gasteiger partial charge in [0.05, 0.1) is 38.4 Å². The lowest BCUT2D eigenvalue weighted by Gasteiger charge is -2.28. The molecule has 0 nitrogen and oxygen atoms in total. The van der Waals surface area contributed by atoms with Crippen molar-refractivity contribution in [3.63, 3.8) is 0 Å². The third-order valence-corrected chi connectivity index (χ3v) is 8.58. The minimum Gasteiger partial charge on any atom is -0.135 e. The minimum absolute atomic E-state index is 0.415. The van der Waals surface area contributed by atoms with E-state index in [1.54, 1.807) is 0 Å². The molecule has 1 atom stereocenters. The maximum atomic E-state index is 9.90. The quantitative estimate of drug-likeness (QED) is 0.165. The number of benzene rings is 7. The second-order valence-corrected chi connectivity index (χ2v) is 11.1. The predicted octanol–water partition coefficient (Wildman–Crippen LogP) is 12.2. The molecule has 1 heteroatoms. The standard InChI is InChI=1S/C45H32S/c1-45(40-18-10-8-16-36(40)37-17-9-11-19-41(37)45)35-25-27-42-39(29-35)38-26-24-34(28-43(38)46-42)44(32-14-6-3-7-15-32)33-22-20-31(21-23-33)30-12-4-2-5-13-30/h2-29,44H,1H3/i1D3,2D,3D,4D,5D,6D,7D,8D,9D,10D,11D,12D,13D,14D,15D,16D,17D,18D,19D,20D,21D,22D,23D,24D,25D,26D,27D,28D,29D. The van der Waals surface area contributed by atoms with Gasteiger partial charge in [0, 0.05) is 35.6 Å². The molecule has 7 aromatic carbocycles. The maximum Gasteiger partial charge on any atom is 0.0641 e. The molecule has 0 N–H and O–H groups in total. The van der Waals surface area contributed by atoms with Crippen molar-refractivity contribution in [3.8, 4) is 22.3 Å². The average Bonchev–Trinajstić information content (AvgIpc) is 4.01. The SMILES string of the molecule is [2H]c1c([2H])c([2H])c(-c2c([2H])c([2H])c(C(c3c([2H])c([2H])c([2H])c([2H])c3[2H])c3c([2H])c([2H])c4c(sc5c([2H])c([2H])c(C6(C([2H])([2H])[2H])c7c([2H])c([2H])c([2H])c([2H])c7-c7c([2H])c([2H])c([2H])c([2H])c76)c([2H])c54)c3[2H])c([2H])c2[2H])c([2H])c1[2H]. The van der Waals surface area contributed by atoms with Crippen LogP contribution in [0, 0.1) is 0 Å². The molecule has 8 aromatic rings. The van der Waals surface area contributed by atoms with Crippen molar-refractivity contribution in [1.29, 1.82) is 0 Å². The van der Waals surface area contributed by atoms with Gasteiger partial charge in [0.15, 0.2) is 0 Å². The number of hydrogen-bond donors (Lipinski definition) is 0. The van der Waals surface area contributed by atoms with Crippen LogP contribution in [0.15, 0.2) is 169 Å². The van der Waals surface area contributed by atoms with E-state index in [0.29, 0.717) is 11.3 Å². The molecule has 9 rings (SSSR count). The Hall–Kier alpha value is -5.24. The van der Waals surface area contributed by atoms with Gasteiger partial charge in [-0.3, -0.25) is 0 Å². The summed E-state index contributed by atoms with van der Waals surface area (Å²) in [7, 11) is 0. The van der Waals surface area contributed by atoms with Crippen LogP contribution in [0.2, 0.25) is 0 Å². The molecule has 0 radical (unpaired) electrons. The van der Waals surface area contributed by atoms with E-state index in [-0.39, 0.29) is 0 Å². The summed E-state index contributed by atoms with van der Waals surface area (Å²) in [6, 6.07) is -28.1. The molecule has 1 aromatic heterocycles. The molecule has 0 saturated heterocycles. The van der Waals surface area contributed by atoms with Crippen molar-refractivity contribution in [1.82, 2.24) is 0 Å². The molecule has 0 bridgehead atoms. The Morgan fingerprint density at radius 2 is 1.09 bits per heavy atom. The normalized spacial score (nSPS) is 23.6. The van der Waals surface area contributed by atoms with Gasteiger partial charge in [-0.1, -0.05) is 151 Å². The van der Waals surface area contributed by atoms with Crippen molar-refractivity contribution in [2.45, 2.75) is 18.2 Å². The smallest absolute Gasteiger partial charge is 0.0641 e.